The average molecular weight is 414 g/mol. The molecule has 1 aliphatic heterocycles. The van der Waals surface area contributed by atoms with Crippen molar-refractivity contribution >= 4 is 11.9 Å². The van der Waals surface area contributed by atoms with Crippen molar-refractivity contribution in [1.29, 1.82) is 0 Å². The van der Waals surface area contributed by atoms with Crippen molar-refractivity contribution in [2.24, 2.45) is 16.8 Å². The van der Waals surface area contributed by atoms with Gasteiger partial charge in [0, 0.05) is 23.9 Å². The molecule has 0 spiro atoms. The van der Waals surface area contributed by atoms with Crippen LogP contribution in [-0.2, 0) is 4.79 Å². The number of alkyl halides is 2. The van der Waals surface area contributed by atoms with Crippen molar-refractivity contribution in [2.75, 3.05) is 0 Å². The molecular formula is C21H37F2N5O. The molecule has 3 fully saturated rings. The maximum absolute atomic E-state index is 13.4. The van der Waals surface area contributed by atoms with E-state index in [9.17, 15) is 13.6 Å². The van der Waals surface area contributed by atoms with Gasteiger partial charge in [-0.25, -0.2) is 19.2 Å². The minimum atomic E-state index is -0.780. The molecule has 2 saturated carbocycles. The summed E-state index contributed by atoms with van der Waals surface area (Å²) in [5, 5.41) is 6.23. The number of carbonyl (C=O) groups excluding carboxylic acids is 1. The summed E-state index contributed by atoms with van der Waals surface area (Å²) in [7, 11) is 0. The number of aliphatic imine (C=N–C) groups is 1. The molecule has 0 aromatic rings. The van der Waals surface area contributed by atoms with Gasteiger partial charge in [0.1, 0.15) is 18.5 Å². The summed E-state index contributed by atoms with van der Waals surface area (Å²) >= 11 is 0. The van der Waals surface area contributed by atoms with Gasteiger partial charge in [-0.15, -0.1) is 0 Å². The minimum absolute atomic E-state index is 0.0869. The molecule has 2 atom stereocenters. The predicted octanol–water partition coefficient (Wildman–Crippen LogP) is 3.10. The van der Waals surface area contributed by atoms with Gasteiger partial charge < -0.3 is 5.32 Å². The topological polar surface area (TPSA) is 77.6 Å². The lowest BCUT2D eigenvalue weighted by Gasteiger charge is -2.28. The minimum Gasteiger partial charge on any atom is -0.351 e. The van der Waals surface area contributed by atoms with E-state index in [2.05, 4.69) is 21.5 Å². The van der Waals surface area contributed by atoms with Gasteiger partial charge >= 0.3 is 0 Å². The zero-order valence-electron chi connectivity index (χ0n) is 17.9. The number of halogens is 2. The number of rotatable bonds is 3. The summed E-state index contributed by atoms with van der Waals surface area (Å²) < 4.78 is 26.8. The Labute approximate surface area is 173 Å². The molecule has 0 radical (unpaired) electrons. The number of carbonyl (C=O) groups is 1. The highest BCUT2D eigenvalue weighted by atomic mass is 19.1. The van der Waals surface area contributed by atoms with Gasteiger partial charge in [-0.2, -0.15) is 0 Å². The molecule has 3 aliphatic rings. The van der Waals surface area contributed by atoms with E-state index >= 15 is 0 Å². The van der Waals surface area contributed by atoms with Crippen molar-refractivity contribution < 1.29 is 13.6 Å². The third-order valence-corrected chi connectivity index (χ3v) is 6.23. The first kappa shape index (κ1) is 22.4. The number of guanidine groups is 1. The van der Waals surface area contributed by atoms with E-state index in [0.29, 0.717) is 50.4 Å². The largest absolute Gasteiger partial charge is 0.351 e. The Hall–Kier alpha value is -1.28. The second-order valence-electron chi connectivity index (χ2n) is 9.95. The molecule has 0 bridgehead atoms. The fourth-order valence-corrected chi connectivity index (χ4v) is 4.58. The Morgan fingerprint density at radius 1 is 0.931 bits per heavy atom. The van der Waals surface area contributed by atoms with Gasteiger partial charge in [0.25, 0.3) is 0 Å². The van der Waals surface area contributed by atoms with E-state index < -0.39 is 12.3 Å². The van der Waals surface area contributed by atoms with Crippen molar-refractivity contribution in [3.8, 4) is 0 Å². The highest BCUT2D eigenvalue weighted by Crippen LogP contribution is 2.31. The maximum Gasteiger partial charge on any atom is 0.229 e. The highest BCUT2D eigenvalue weighted by molar-refractivity contribution is 5.98. The zero-order chi connectivity index (χ0) is 21.0. The fraction of sp³-hybridized carbons (Fsp3) is 0.905. The summed E-state index contributed by atoms with van der Waals surface area (Å²) in [5.74, 6) is 0.667. The van der Waals surface area contributed by atoms with E-state index in [-0.39, 0.29) is 29.6 Å². The smallest absolute Gasteiger partial charge is 0.229 e. The third kappa shape index (κ3) is 6.88. The molecule has 1 amide bonds. The van der Waals surface area contributed by atoms with Crippen LogP contribution in [0.5, 0.6) is 0 Å². The van der Waals surface area contributed by atoms with E-state index in [1.807, 2.05) is 20.8 Å². The second-order valence-corrected chi connectivity index (χ2v) is 9.95. The van der Waals surface area contributed by atoms with Crippen LogP contribution in [0.1, 0.15) is 78.6 Å². The highest BCUT2D eigenvalue weighted by Gasteiger charge is 2.34. The molecular weight excluding hydrogens is 376 g/mol. The van der Waals surface area contributed by atoms with Crippen LogP contribution >= 0.6 is 0 Å². The molecule has 0 aromatic heterocycles. The second kappa shape index (κ2) is 9.69. The van der Waals surface area contributed by atoms with E-state index in [4.69, 9.17) is 4.99 Å². The quantitative estimate of drug-likeness (QED) is 0.424. The molecule has 2 unspecified atom stereocenters. The van der Waals surface area contributed by atoms with E-state index in [1.165, 1.54) is 0 Å². The van der Waals surface area contributed by atoms with Crippen LogP contribution in [0.4, 0.5) is 8.78 Å². The number of nitrogens with zero attached hydrogens (tertiary/aromatic N) is 1. The molecule has 1 heterocycles. The summed E-state index contributed by atoms with van der Waals surface area (Å²) in [4.78, 5) is 17.4. The Balaban J connectivity index is 1.59. The fourth-order valence-electron chi connectivity index (χ4n) is 4.58. The summed E-state index contributed by atoms with van der Waals surface area (Å²) in [5.41, 5.74) is 6.28. The number of nitrogens with one attached hydrogen (secondary N) is 4. The maximum atomic E-state index is 13.4. The third-order valence-electron chi connectivity index (χ3n) is 6.23. The molecule has 1 saturated heterocycles. The van der Waals surface area contributed by atoms with Gasteiger partial charge in [0.05, 0.1) is 0 Å². The van der Waals surface area contributed by atoms with Crippen molar-refractivity contribution in [3.05, 3.63) is 0 Å². The first-order valence-electron chi connectivity index (χ1n) is 11.2. The van der Waals surface area contributed by atoms with Gasteiger partial charge in [-0.1, -0.05) is 0 Å². The van der Waals surface area contributed by atoms with Gasteiger partial charge in [0.15, 0.2) is 5.96 Å². The van der Waals surface area contributed by atoms with E-state index in [1.54, 1.807) is 0 Å². The molecule has 166 valence electrons. The van der Waals surface area contributed by atoms with Crippen LogP contribution in [0.15, 0.2) is 4.99 Å². The van der Waals surface area contributed by atoms with Crippen molar-refractivity contribution in [2.45, 2.75) is 109 Å². The lowest BCUT2D eigenvalue weighted by atomic mass is 9.82. The first-order valence-corrected chi connectivity index (χ1v) is 11.2. The van der Waals surface area contributed by atoms with Crippen LogP contribution in [0.3, 0.4) is 0 Å². The molecule has 2 aliphatic carbocycles. The van der Waals surface area contributed by atoms with Crippen LogP contribution in [0.25, 0.3) is 0 Å². The summed E-state index contributed by atoms with van der Waals surface area (Å²) in [6.07, 6.45) is 4.37. The van der Waals surface area contributed by atoms with Crippen LogP contribution in [0.2, 0.25) is 0 Å². The van der Waals surface area contributed by atoms with Crippen LogP contribution < -0.4 is 21.5 Å². The number of hydrogen-bond donors (Lipinski definition) is 4. The van der Waals surface area contributed by atoms with Gasteiger partial charge in [0.2, 0.25) is 5.91 Å². The molecule has 8 heteroatoms. The normalized spacial score (nSPS) is 36.7. The van der Waals surface area contributed by atoms with Crippen LogP contribution in [0, 0.1) is 11.8 Å². The lowest BCUT2D eigenvalue weighted by Crippen LogP contribution is -2.52. The van der Waals surface area contributed by atoms with Crippen molar-refractivity contribution in [1.82, 2.24) is 21.5 Å². The average Bonchev–Trinajstić information content (AvgIpc) is 3.09. The zero-order valence-corrected chi connectivity index (χ0v) is 17.9. The van der Waals surface area contributed by atoms with Crippen molar-refractivity contribution in [3.63, 3.8) is 0 Å². The molecule has 4 N–H and O–H groups in total. The number of hydrogen-bond acceptors (Lipinski definition) is 4. The monoisotopic (exact) mass is 413 g/mol. The first-order chi connectivity index (χ1) is 13.7. The Bertz CT molecular complexity index is 578. The molecule has 6 nitrogen and oxygen atoms in total. The predicted molar refractivity (Wildman–Crippen MR) is 111 cm³/mol. The van der Waals surface area contributed by atoms with Gasteiger partial charge in [-0.05, 0) is 78.1 Å². The van der Waals surface area contributed by atoms with E-state index in [0.717, 1.165) is 19.3 Å². The number of hydrazine groups is 1. The lowest BCUT2D eigenvalue weighted by molar-refractivity contribution is -0.124. The Morgan fingerprint density at radius 3 is 2.10 bits per heavy atom. The molecule has 0 aromatic carbocycles. The molecule has 29 heavy (non-hydrogen) atoms. The van der Waals surface area contributed by atoms with Crippen LogP contribution in [-0.4, -0.2) is 42.0 Å². The summed E-state index contributed by atoms with van der Waals surface area (Å²) in [6, 6.07) is 0.266. The Morgan fingerprint density at radius 2 is 1.52 bits per heavy atom. The Kier molecular flexibility index (Phi) is 7.48. The SMILES string of the molecule is CC(C)(C)N/C(=N\C1CC(C2CCC(F)CC2)NN1)NC(=O)C1CCC(F)CC1. The molecule has 3 rings (SSSR count). The number of amides is 1. The standard InChI is InChI=1S/C21H37F2N5O/c1-21(2,3)26-20(25-19(29)14-6-10-16(23)11-7-14)24-18-12-17(27-28-18)13-4-8-15(22)9-5-13/h13-18,27-28H,4-12H2,1-3H3,(H2,24,25,26,29). The van der Waals surface area contributed by atoms with Gasteiger partial charge in [-0.3, -0.25) is 15.5 Å². The summed E-state index contributed by atoms with van der Waals surface area (Å²) in [6.45, 7) is 6.05.